The molecular formula is C11H13BrClNOS. The van der Waals surface area contributed by atoms with E-state index in [-0.39, 0.29) is 11.9 Å². The van der Waals surface area contributed by atoms with Crippen LogP contribution in [0.15, 0.2) is 9.85 Å². The lowest BCUT2D eigenvalue weighted by Crippen LogP contribution is -2.36. The predicted octanol–water partition coefficient (Wildman–Crippen LogP) is 3.66. The third-order valence-electron chi connectivity index (χ3n) is 2.88. The van der Waals surface area contributed by atoms with Crippen molar-refractivity contribution in [2.24, 2.45) is 0 Å². The molecule has 1 unspecified atom stereocenters. The van der Waals surface area contributed by atoms with Crippen LogP contribution in [0.25, 0.3) is 0 Å². The van der Waals surface area contributed by atoms with E-state index < -0.39 is 0 Å². The zero-order valence-electron chi connectivity index (χ0n) is 9.00. The van der Waals surface area contributed by atoms with Crippen LogP contribution >= 0.6 is 38.9 Å². The molecule has 0 spiro atoms. The van der Waals surface area contributed by atoms with Crippen LogP contribution in [0.1, 0.15) is 28.1 Å². The minimum absolute atomic E-state index is 0.127. The molecule has 1 fully saturated rings. The molecule has 1 aliphatic rings. The van der Waals surface area contributed by atoms with Gasteiger partial charge in [-0.15, -0.1) is 22.9 Å². The molecule has 1 aromatic heterocycles. The van der Waals surface area contributed by atoms with Gasteiger partial charge in [0.1, 0.15) is 0 Å². The average molecular weight is 323 g/mol. The van der Waals surface area contributed by atoms with Crippen LogP contribution in [0.3, 0.4) is 0 Å². The molecule has 1 amide bonds. The highest BCUT2D eigenvalue weighted by Gasteiger charge is 2.29. The molecule has 1 aliphatic heterocycles. The molecule has 1 aromatic rings. The van der Waals surface area contributed by atoms with Gasteiger partial charge in [0, 0.05) is 18.5 Å². The van der Waals surface area contributed by atoms with E-state index in [9.17, 15) is 4.79 Å². The standard InChI is InChI=1S/C11H13BrClNOS/c1-7-5-9(16-10(7)12)11(15)14-4-2-3-8(14)6-13/h5,8H,2-4,6H2,1H3. The molecule has 1 saturated heterocycles. The Hall–Kier alpha value is -0.0600. The summed E-state index contributed by atoms with van der Waals surface area (Å²) in [4.78, 5) is 15.0. The number of thiophene rings is 1. The number of aryl methyl sites for hydroxylation is 1. The molecule has 5 heteroatoms. The molecular weight excluding hydrogens is 310 g/mol. The van der Waals surface area contributed by atoms with Gasteiger partial charge in [-0.3, -0.25) is 4.79 Å². The summed E-state index contributed by atoms with van der Waals surface area (Å²) in [6.07, 6.45) is 2.09. The number of hydrogen-bond donors (Lipinski definition) is 0. The van der Waals surface area contributed by atoms with Crippen molar-refractivity contribution in [2.75, 3.05) is 12.4 Å². The lowest BCUT2D eigenvalue weighted by molar-refractivity contribution is 0.0754. The molecule has 0 aliphatic carbocycles. The molecule has 0 aromatic carbocycles. The summed E-state index contributed by atoms with van der Waals surface area (Å²) in [7, 11) is 0. The second-order valence-corrected chi connectivity index (χ2v) is 6.69. The first-order valence-corrected chi connectivity index (χ1v) is 7.40. The van der Waals surface area contributed by atoms with E-state index in [2.05, 4.69) is 15.9 Å². The second-order valence-electron chi connectivity index (χ2n) is 4.02. The highest BCUT2D eigenvalue weighted by atomic mass is 79.9. The molecule has 0 radical (unpaired) electrons. The Balaban J connectivity index is 2.18. The van der Waals surface area contributed by atoms with Crippen LogP contribution in [0.2, 0.25) is 0 Å². The zero-order valence-corrected chi connectivity index (χ0v) is 12.2. The highest BCUT2D eigenvalue weighted by Crippen LogP contribution is 2.30. The van der Waals surface area contributed by atoms with Crippen molar-refractivity contribution in [3.63, 3.8) is 0 Å². The molecule has 16 heavy (non-hydrogen) atoms. The number of carbonyl (C=O) groups is 1. The number of rotatable bonds is 2. The predicted molar refractivity (Wildman–Crippen MR) is 71.5 cm³/mol. The minimum atomic E-state index is 0.127. The van der Waals surface area contributed by atoms with E-state index in [1.165, 1.54) is 11.3 Å². The van der Waals surface area contributed by atoms with Crippen LogP contribution in [-0.2, 0) is 0 Å². The Kier molecular flexibility index (Phi) is 3.93. The Morgan fingerprint density at radius 1 is 1.75 bits per heavy atom. The SMILES string of the molecule is Cc1cc(C(=O)N2CCCC2CCl)sc1Br. The van der Waals surface area contributed by atoms with Crippen LogP contribution in [0, 0.1) is 6.92 Å². The van der Waals surface area contributed by atoms with Crippen LogP contribution in [0.5, 0.6) is 0 Å². The summed E-state index contributed by atoms with van der Waals surface area (Å²) in [6.45, 7) is 2.84. The molecule has 2 rings (SSSR count). The molecule has 1 atom stereocenters. The van der Waals surface area contributed by atoms with Crippen molar-refractivity contribution < 1.29 is 4.79 Å². The number of hydrogen-bond acceptors (Lipinski definition) is 2. The molecule has 2 heterocycles. The number of alkyl halides is 1. The summed E-state index contributed by atoms with van der Waals surface area (Å²) < 4.78 is 1.04. The van der Waals surface area contributed by atoms with E-state index >= 15 is 0 Å². The normalized spacial score (nSPS) is 20.4. The Morgan fingerprint density at radius 3 is 3.06 bits per heavy atom. The zero-order chi connectivity index (χ0) is 11.7. The van der Waals surface area contributed by atoms with E-state index in [1.54, 1.807) is 0 Å². The first-order chi connectivity index (χ1) is 7.63. The number of likely N-dealkylation sites (tertiary alicyclic amines) is 1. The van der Waals surface area contributed by atoms with Crippen LogP contribution < -0.4 is 0 Å². The van der Waals surface area contributed by atoms with Gasteiger partial charge in [0.15, 0.2) is 0 Å². The summed E-state index contributed by atoms with van der Waals surface area (Å²) in [5, 5.41) is 0. The van der Waals surface area contributed by atoms with E-state index in [4.69, 9.17) is 11.6 Å². The monoisotopic (exact) mass is 321 g/mol. The van der Waals surface area contributed by atoms with Gasteiger partial charge in [0.05, 0.1) is 8.66 Å². The Labute approximate surface area is 113 Å². The average Bonchev–Trinajstić information content (AvgIpc) is 2.85. The lowest BCUT2D eigenvalue weighted by atomic mass is 10.2. The van der Waals surface area contributed by atoms with Gasteiger partial charge >= 0.3 is 0 Å². The van der Waals surface area contributed by atoms with Crippen LogP contribution in [-0.4, -0.2) is 29.3 Å². The maximum atomic E-state index is 12.2. The van der Waals surface area contributed by atoms with Crippen molar-refractivity contribution in [1.29, 1.82) is 0 Å². The smallest absolute Gasteiger partial charge is 0.264 e. The van der Waals surface area contributed by atoms with Crippen LogP contribution in [0.4, 0.5) is 0 Å². The van der Waals surface area contributed by atoms with Crippen molar-refractivity contribution in [3.05, 3.63) is 20.3 Å². The van der Waals surface area contributed by atoms with E-state index in [1.807, 2.05) is 17.9 Å². The van der Waals surface area contributed by atoms with Crippen molar-refractivity contribution in [1.82, 2.24) is 4.90 Å². The topological polar surface area (TPSA) is 20.3 Å². The molecule has 0 N–H and O–H groups in total. The van der Waals surface area contributed by atoms with Gasteiger partial charge in [-0.05, 0) is 47.3 Å². The van der Waals surface area contributed by atoms with E-state index in [0.717, 1.165) is 33.6 Å². The number of nitrogens with zero attached hydrogens (tertiary/aromatic N) is 1. The maximum absolute atomic E-state index is 12.2. The fraction of sp³-hybridized carbons (Fsp3) is 0.545. The molecule has 88 valence electrons. The summed E-state index contributed by atoms with van der Waals surface area (Å²) in [5.41, 5.74) is 1.12. The molecule has 0 bridgehead atoms. The van der Waals surface area contributed by atoms with Gasteiger partial charge < -0.3 is 4.90 Å². The van der Waals surface area contributed by atoms with Gasteiger partial charge in [0.25, 0.3) is 5.91 Å². The maximum Gasteiger partial charge on any atom is 0.264 e. The number of halogens is 2. The highest BCUT2D eigenvalue weighted by molar-refractivity contribution is 9.11. The Bertz CT molecular complexity index is 387. The summed E-state index contributed by atoms with van der Waals surface area (Å²) >= 11 is 10.8. The number of amides is 1. The quantitative estimate of drug-likeness (QED) is 0.761. The van der Waals surface area contributed by atoms with Gasteiger partial charge in [-0.25, -0.2) is 0 Å². The summed E-state index contributed by atoms with van der Waals surface area (Å²) in [5.74, 6) is 0.666. The molecule has 0 saturated carbocycles. The Morgan fingerprint density at radius 2 is 2.50 bits per heavy atom. The third-order valence-corrected chi connectivity index (χ3v) is 5.36. The minimum Gasteiger partial charge on any atom is -0.334 e. The van der Waals surface area contributed by atoms with Crippen molar-refractivity contribution in [2.45, 2.75) is 25.8 Å². The van der Waals surface area contributed by atoms with Gasteiger partial charge in [-0.2, -0.15) is 0 Å². The second kappa shape index (κ2) is 5.07. The van der Waals surface area contributed by atoms with Gasteiger partial charge in [0.2, 0.25) is 0 Å². The molecule has 2 nitrogen and oxygen atoms in total. The van der Waals surface area contributed by atoms with Gasteiger partial charge in [-0.1, -0.05) is 0 Å². The third kappa shape index (κ3) is 2.29. The van der Waals surface area contributed by atoms with E-state index in [0.29, 0.717) is 5.88 Å². The fourth-order valence-electron chi connectivity index (χ4n) is 1.97. The van der Waals surface area contributed by atoms with Crippen molar-refractivity contribution >= 4 is 44.8 Å². The largest absolute Gasteiger partial charge is 0.334 e. The lowest BCUT2D eigenvalue weighted by Gasteiger charge is -2.22. The number of carbonyl (C=O) groups excluding carboxylic acids is 1. The fourth-order valence-corrected chi connectivity index (χ4v) is 3.78. The van der Waals surface area contributed by atoms with Crippen molar-refractivity contribution in [3.8, 4) is 0 Å². The summed E-state index contributed by atoms with van der Waals surface area (Å²) in [6, 6.07) is 2.16. The first-order valence-electron chi connectivity index (χ1n) is 5.26. The first kappa shape index (κ1) is 12.4.